The van der Waals surface area contributed by atoms with E-state index in [0.717, 1.165) is 10.0 Å². The number of ether oxygens (including phenoxy) is 1. The number of hydrogen-bond acceptors (Lipinski definition) is 5. The van der Waals surface area contributed by atoms with Crippen LogP contribution < -0.4 is 10.1 Å². The molecule has 3 aromatic rings. The zero-order chi connectivity index (χ0) is 23.3. The minimum absolute atomic E-state index is 0.139. The predicted molar refractivity (Wildman–Crippen MR) is 134 cm³/mol. The van der Waals surface area contributed by atoms with Crippen molar-refractivity contribution in [3.05, 3.63) is 75.0 Å². The van der Waals surface area contributed by atoms with Crippen molar-refractivity contribution in [1.29, 1.82) is 0 Å². The average molecular weight is 556 g/mol. The largest absolute Gasteiger partial charge is 0.481 e. The lowest BCUT2D eigenvalue weighted by molar-refractivity contribution is -0.113. The molecule has 1 atom stereocenters. The maximum atomic E-state index is 12.4. The predicted octanol–water partition coefficient (Wildman–Crippen LogP) is 6.71. The second-order valence-electron chi connectivity index (χ2n) is 6.90. The van der Waals surface area contributed by atoms with E-state index in [0.29, 0.717) is 39.0 Å². The third-order valence-corrected chi connectivity index (χ3v) is 6.43. The highest BCUT2D eigenvalue weighted by Crippen LogP contribution is 2.31. The molecule has 0 fully saturated rings. The molecule has 0 saturated heterocycles. The zero-order valence-electron chi connectivity index (χ0n) is 17.4. The fraction of sp³-hybridized carbons (Fsp3) is 0.227. The fourth-order valence-corrected chi connectivity index (χ4v) is 4.50. The van der Waals surface area contributed by atoms with Gasteiger partial charge in [-0.1, -0.05) is 63.0 Å². The highest BCUT2D eigenvalue weighted by Gasteiger charge is 2.21. The summed E-state index contributed by atoms with van der Waals surface area (Å²) in [5.41, 5.74) is 1.59. The molecule has 0 aliphatic rings. The van der Waals surface area contributed by atoms with Crippen LogP contribution in [-0.4, -0.2) is 26.4 Å². The second kappa shape index (κ2) is 11.2. The van der Waals surface area contributed by atoms with Crippen molar-refractivity contribution in [3.8, 4) is 5.75 Å². The van der Waals surface area contributed by atoms with E-state index < -0.39 is 6.10 Å². The SMILES string of the molecule is C=CCn1c(SCC(=O)Nc2ccc(Br)cc2Cl)nnc1C(C)Oc1cc(C)ccc1Cl. The van der Waals surface area contributed by atoms with Gasteiger partial charge in [-0.25, -0.2) is 0 Å². The first-order chi connectivity index (χ1) is 15.3. The molecule has 0 saturated carbocycles. The number of thioether (sulfide) groups is 1. The molecule has 6 nitrogen and oxygen atoms in total. The van der Waals surface area contributed by atoms with Gasteiger partial charge in [0.2, 0.25) is 5.91 Å². The van der Waals surface area contributed by atoms with E-state index >= 15 is 0 Å². The molecule has 0 aliphatic heterocycles. The zero-order valence-corrected chi connectivity index (χ0v) is 21.4. The Labute approximate surface area is 209 Å². The van der Waals surface area contributed by atoms with E-state index in [-0.39, 0.29) is 11.7 Å². The van der Waals surface area contributed by atoms with Crippen LogP contribution >= 0.6 is 50.9 Å². The van der Waals surface area contributed by atoms with Crippen LogP contribution in [0.15, 0.2) is 58.7 Å². The third-order valence-electron chi connectivity index (χ3n) is 4.35. The molecule has 1 heterocycles. The molecule has 0 bridgehead atoms. The van der Waals surface area contributed by atoms with Crippen molar-refractivity contribution < 1.29 is 9.53 Å². The minimum atomic E-state index is -0.411. The molecule has 0 radical (unpaired) electrons. The molecule has 1 unspecified atom stereocenters. The number of aromatic nitrogens is 3. The number of hydrogen-bond donors (Lipinski definition) is 1. The van der Waals surface area contributed by atoms with E-state index in [9.17, 15) is 4.79 Å². The summed E-state index contributed by atoms with van der Waals surface area (Å²) in [6.45, 7) is 8.12. The number of nitrogens with zero attached hydrogens (tertiary/aromatic N) is 3. The number of benzene rings is 2. The number of halogens is 3. The summed E-state index contributed by atoms with van der Waals surface area (Å²) in [4.78, 5) is 12.4. The quantitative estimate of drug-likeness (QED) is 0.234. The summed E-state index contributed by atoms with van der Waals surface area (Å²) in [6, 6.07) is 10.9. The van der Waals surface area contributed by atoms with Gasteiger partial charge in [-0.2, -0.15) is 0 Å². The van der Waals surface area contributed by atoms with Crippen molar-refractivity contribution in [2.45, 2.75) is 31.7 Å². The number of anilines is 1. The van der Waals surface area contributed by atoms with Crippen LogP contribution in [0.3, 0.4) is 0 Å². The van der Waals surface area contributed by atoms with Crippen LogP contribution in [0.5, 0.6) is 5.75 Å². The minimum Gasteiger partial charge on any atom is -0.481 e. The molecule has 10 heteroatoms. The van der Waals surface area contributed by atoms with Gasteiger partial charge >= 0.3 is 0 Å². The Morgan fingerprint density at radius 3 is 2.78 bits per heavy atom. The summed E-state index contributed by atoms with van der Waals surface area (Å²) in [5.74, 6) is 1.12. The number of amides is 1. The van der Waals surface area contributed by atoms with Gasteiger partial charge in [0, 0.05) is 11.0 Å². The van der Waals surface area contributed by atoms with Gasteiger partial charge in [0.15, 0.2) is 17.1 Å². The van der Waals surface area contributed by atoms with Crippen LogP contribution in [0.2, 0.25) is 10.0 Å². The number of carbonyl (C=O) groups excluding carboxylic acids is 1. The van der Waals surface area contributed by atoms with E-state index in [1.165, 1.54) is 11.8 Å². The van der Waals surface area contributed by atoms with Crippen molar-refractivity contribution in [2.75, 3.05) is 11.1 Å². The van der Waals surface area contributed by atoms with Gasteiger partial charge in [-0.3, -0.25) is 9.36 Å². The molecule has 1 N–H and O–H groups in total. The Kier molecular flexibility index (Phi) is 8.64. The Hall–Kier alpha value is -2.00. The lowest BCUT2D eigenvalue weighted by atomic mass is 10.2. The van der Waals surface area contributed by atoms with Crippen LogP contribution in [-0.2, 0) is 11.3 Å². The Morgan fingerprint density at radius 1 is 1.28 bits per heavy atom. The van der Waals surface area contributed by atoms with E-state index in [1.807, 2.05) is 36.6 Å². The van der Waals surface area contributed by atoms with Crippen molar-refractivity contribution >= 4 is 62.5 Å². The van der Waals surface area contributed by atoms with Crippen LogP contribution in [0.4, 0.5) is 5.69 Å². The van der Waals surface area contributed by atoms with Crippen LogP contribution in [0.25, 0.3) is 0 Å². The van der Waals surface area contributed by atoms with Crippen LogP contribution in [0, 0.1) is 6.92 Å². The molecule has 32 heavy (non-hydrogen) atoms. The second-order valence-corrected chi connectivity index (χ2v) is 9.57. The third kappa shape index (κ3) is 6.28. The van der Waals surface area contributed by atoms with E-state index in [1.54, 1.807) is 24.3 Å². The first-order valence-corrected chi connectivity index (χ1v) is 12.2. The maximum absolute atomic E-state index is 12.4. The number of aryl methyl sites for hydroxylation is 1. The number of carbonyl (C=O) groups is 1. The van der Waals surface area contributed by atoms with E-state index in [4.69, 9.17) is 27.9 Å². The molecular formula is C22H21BrCl2N4O2S. The molecule has 168 valence electrons. The number of allylic oxidation sites excluding steroid dienone is 1. The number of rotatable bonds is 9. The van der Waals surface area contributed by atoms with Crippen molar-refractivity contribution in [2.24, 2.45) is 0 Å². The van der Waals surface area contributed by atoms with Crippen molar-refractivity contribution in [1.82, 2.24) is 14.8 Å². The first-order valence-electron chi connectivity index (χ1n) is 9.63. The Bertz CT molecular complexity index is 1140. The highest BCUT2D eigenvalue weighted by molar-refractivity contribution is 9.10. The van der Waals surface area contributed by atoms with E-state index in [2.05, 4.69) is 38.0 Å². The smallest absolute Gasteiger partial charge is 0.234 e. The molecule has 2 aromatic carbocycles. The molecule has 1 aromatic heterocycles. The normalized spacial score (nSPS) is 11.8. The molecule has 0 spiro atoms. The first kappa shape index (κ1) is 24.6. The summed E-state index contributed by atoms with van der Waals surface area (Å²) in [7, 11) is 0. The van der Waals surface area contributed by atoms with Gasteiger partial charge in [0.1, 0.15) is 5.75 Å². The summed E-state index contributed by atoms with van der Waals surface area (Å²) >= 11 is 17.0. The lowest BCUT2D eigenvalue weighted by Gasteiger charge is -2.17. The summed E-state index contributed by atoms with van der Waals surface area (Å²) < 4.78 is 8.75. The molecular weight excluding hydrogens is 535 g/mol. The van der Waals surface area contributed by atoms with Crippen LogP contribution in [0.1, 0.15) is 24.4 Å². The molecule has 0 aliphatic carbocycles. The topological polar surface area (TPSA) is 69.0 Å². The molecule has 1 amide bonds. The lowest BCUT2D eigenvalue weighted by Crippen LogP contribution is -2.16. The van der Waals surface area contributed by atoms with Gasteiger partial charge in [-0.15, -0.1) is 16.8 Å². The Morgan fingerprint density at radius 2 is 2.06 bits per heavy atom. The maximum Gasteiger partial charge on any atom is 0.234 e. The standard InChI is InChI=1S/C22H21BrCl2N4O2S/c1-4-9-29-21(14(3)31-19-10-13(2)5-7-16(19)24)27-28-22(29)32-12-20(30)26-18-8-6-15(23)11-17(18)25/h4-8,10-11,14H,1,9,12H2,2-3H3,(H,26,30). The number of nitrogens with one attached hydrogen (secondary N) is 1. The fourth-order valence-electron chi connectivity index (χ4n) is 2.86. The van der Waals surface area contributed by atoms with Gasteiger partial charge in [0.05, 0.1) is 21.5 Å². The monoisotopic (exact) mass is 554 g/mol. The van der Waals surface area contributed by atoms with Gasteiger partial charge in [0.25, 0.3) is 0 Å². The van der Waals surface area contributed by atoms with Crippen molar-refractivity contribution in [3.63, 3.8) is 0 Å². The molecule has 3 rings (SSSR count). The Balaban J connectivity index is 1.70. The summed E-state index contributed by atoms with van der Waals surface area (Å²) in [6.07, 6.45) is 1.33. The average Bonchev–Trinajstić information content (AvgIpc) is 3.14. The van der Waals surface area contributed by atoms with Gasteiger partial charge < -0.3 is 10.1 Å². The highest BCUT2D eigenvalue weighted by atomic mass is 79.9. The van der Waals surface area contributed by atoms with Gasteiger partial charge in [-0.05, 0) is 49.7 Å². The summed E-state index contributed by atoms with van der Waals surface area (Å²) in [5, 5.41) is 12.9.